The third-order valence-electron chi connectivity index (χ3n) is 5.34. The van der Waals surface area contributed by atoms with Crippen molar-refractivity contribution in [1.29, 1.82) is 5.26 Å². The lowest BCUT2D eigenvalue weighted by molar-refractivity contribution is 0.195. The van der Waals surface area contributed by atoms with Crippen molar-refractivity contribution in [2.24, 2.45) is 0 Å². The van der Waals surface area contributed by atoms with Gasteiger partial charge in [0.1, 0.15) is 11.8 Å². The van der Waals surface area contributed by atoms with Crippen molar-refractivity contribution in [2.75, 3.05) is 20.3 Å². The summed E-state index contributed by atoms with van der Waals surface area (Å²) in [6, 6.07) is 14.0. The lowest BCUT2D eigenvalue weighted by Crippen LogP contribution is -2.23. The zero-order valence-electron chi connectivity index (χ0n) is 20.0. The van der Waals surface area contributed by atoms with Gasteiger partial charge in [-0.15, -0.1) is 0 Å². The second-order valence-corrected chi connectivity index (χ2v) is 7.82. The number of nitrogens with one attached hydrogen (secondary N) is 1. The summed E-state index contributed by atoms with van der Waals surface area (Å²) in [6.45, 7) is 9.35. The second-order valence-electron chi connectivity index (χ2n) is 7.82. The average Bonchev–Trinajstić information content (AvgIpc) is 3.48. The van der Waals surface area contributed by atoms with Gasteiger partial charge in [-0.25, -0.2) is 0 Å². The molecule has 0 spiro atoms. The molecule has 4 rings (SSSR count). The van der Waals surface area contributed by atoms with Crippen LogP contribution in [0.15, 0.2) is 40.9 Å². The van der Waals surface area contributed by atoms with Crippen LogP contribution in [0.1, 0.15) is 56.8 Å². The molecule has 1 N–H and O–H groups in total. The van der Waals surface area contributed by atoms with Crippen LogP contribution in [-0.4, -0.2) is 36.5 Å². The maximum absolute atomic E-state index is 9.48. The molecule has 1 aliphatic carbocycles. The van der Waals surface area contributed by atoms with Gasteiger partial charge in [-0.05, 0) is 56.0 Å². The van der Waals surface area contributed by atoms with Gasteiger partial charge in [0.25, 0.3) is 5.89 Å². The SMILES string of the molecule is CC.COCCNC1CCc2c(-c3noc(-c4ccc(OC(C)C)c(C#N)c4)n3)cccc21. The zero-order chi connectivity index (χ0) is 23.8. The first-order valence-corrected chi connectivity index (χ1v) is 11.5. The molecule has 1 heterocycles. The van der Waals surface area contributed by atoms with Crippen LogP contribution >= 0.6 is 0 Å². The van der Waals surface area contributed by atoms with Crippen LogP contribution in [0.2, 0.25) is 0 Å². The number of aromatic nitrogens is 2. The van der Waals surface area contributed by atoms with E-state index in [9.17, 15) is 5.26 Å². The normalized spacial score (nSPS) is 14.4. The van der Waals surface area contributed by atoms with Crippen molar-refractivity contribution in [1.82, 2.24) is 15.5 Å². The van der Waals surface area contributed by atoms with Gasteiger partial charge in [0.15, 0.2) is 0 Å². The van der Waals surface area contributed by atoms with Crippen LogP contribution < -0.4 is 10.1 Å². The van der Waals surface area contributed by atoms with Crippen LogP contribution in [0.4, 0.5) is 0 Å². The number of ether oxygens (including phenoxy) is 2. The van der Waals surface area contributed by atoms with Gasteiger partial charge in [0.2, 0.25) is 5.82 Å². The molecule has 3 aromatic rings. The van der Waals surface area contributed by atoms with Crippen LogP contribution in [0, 0.1) is 11.3 Å². The minimum Gasteiger partial charge on any atom is -0.490 e. The van der Waals surface area contributed by atoms with Crippen LogP contribution in [-0.2, 0) is 11.2 Å². The van der Waals surface area contributed by atoms with Gasteiger partial charge >= 0.3 is 0 Å². The lowest BCUT2D eigenvalue weighted by atomic mass is 10.0. The Bertz CT molecular complexity index is 1100. The van der Waals surface area contributed by atoms with E-state index in [1.54, 1.807) is 19.2 Å². The summed E-state index contributed by atoms with van der Waals surface area (Å²) in [6.07, 6.45) is 1.98. The van der Waals surface area contributed by atoms with Crippen molar-refractivity contribution in [3.8, 4) is 34.7 Å². The molecular formula is C26H32N4O3. The molecular weight excluding hydrogens is 416 g/mol. The van der Waals surface area contributed by atoms with E-state index in [1.807, 2.05) is 45.9 Å². The topological polar surface area (TPSA) is 93.2 Å². The molecule has 0 radical (unpaired) electrons. The lowest BCUT2D eigenvalue weighted by Gasteiger charge is -2.14. The highest BCUT2D eigenvalue weighted by atomic mass is 16.5. The summed E-state index contributed by atoms with van der Waals surface area (Å²) in [5.41, 5.74) is 4.66. The standard InChI is InChI=1S/C24H26N4O3.C2H6/c1-15(2)30-22-10-7-16(13-17(22)14-25)24-27-23(28-31-24)20-6-4-5-19-18(20)8-9-21(19)26-11-12-29-3;1-2/h4-7,10,13,15,21,26H,8-9,11-12H2,1-3H3;1-2H3. The molecule has 2 aromatic carbocycles. The summed E-state index contributed by atoms with van der Waals surface area (Å²) in [7, 11) is 1.71. The number of nitriles is 1. The first-order valence-electron chi connectivity index (χ1n) is 11.5. The van der Waals surface area contributed by atoms with Gasteiger partial charge in [0, 0.05) is 30.8 Å². The molecule has 0 fully saturated rings. The van der Waals surface area contributed by atoms with Gasteiger partial charge in [-0.1, -0.05) is 37.2 Å². The molecule has 1 aliphatic rings. The van der Waals surface area contributed by atoms with E-state index in [0.717, 1.165) is 24.9 Å². The third kappa shape index (κ3) is 5.59. The summed E-state index contributed by atoms with van der Waals surface area (Å²) < 4.78 is 16.4. The highest BCUT2D eigenvalue weighted by molar-refractivity contribution is 5.67. The number of methoxy groups -OCH3 is 1. The molecule has 7 heteroatoms. The molecule has 0 aliphatic heterocycles. The molecule has 0 bridgehead atoms. The van der Waals surface area contributed by atoms with E-state index >= 15 is 0 Å². The molecule has 1 unspecified atom stereocenters. The quantitative estimate of drug-likeness (QED) is 0.467. The summed E-state index contributed by atoms with van der Waals surface area (Å²) in [5, 5.41) is 17.3. The largest absolute Gasteiger partial charge is 0.490 e. The number of hydrogen-bond donors (Lipinski definition) is 1. The van der Waals surface area contributed by atoms with Gasteiger partial charge in [-0.2, -0.15) is 10.2 Å². The summed E-state index contributed by atoms with van der Waals surface area (Å²) >= 11 is 0. The van der Waals surface area contributed by atoms with Crippen LogP contribution in [0.5, 0.6) is 5.75 Å². The maximum atomic E-state index is 9.48. The highest BCUT2D eigenvalue weighted by Crippen LogP contribution is 2.37. The van der Waals surface area contributed by atoms with Gasteiger partial charge < -0.3 is 19.3 Å². The van der Waals surface area contributed by atoms with Crippen molar-refractivity contribution in [3.63, 3.8) is 0 Å². The Labute approximate surface area is 195 Å². The number of fused-ring (bicyclic) bond motifs is 1. The molecule has 1 aromatic heterocycles. The monoisotopic (exact) mass is 448 g/mol. The number of nitrogens with zero attached hydrogens (tertiary/aromatic N) is 3. The van der Waals surface area contributed by atoms with E-state index in [4.69, 9.17) is 14.0 Å². The molecule has 174 valence electrons. The molecule has 0 amide bonds. The first-order chi connectivity index (χ1) is 16.1. The first kappa shape index (κ1) is 24.4. The van der Waals surface area contributed by atoms with Crippen molar-refractivity contribution >= 4 is 0 Å². The van der Waals surface area contributed by atoms with Crippen LogP contribution in [0.25, 0.3) is 22.8 Å². The third-order valence-corrected chi connectivity index (χ3v) is 5.34. The fourth-order valence-corrected chi connectivity index (χ4v) is 3.97. The van der Waals surface area contributed by atoms with Crippen molar-refractivity contribution in [2.45, 2.75) is 52.7 Å². The minimum atomic E-state index is -0.0130. The predicted molar refractivity (Wildman–Crippen MR) is 128 cm³/mol. The van der Waals surface area contributed by atoms with Crippen LogP contribution in [0.3, 0.4) is 0 Å². The Morgan fingerprint density at radius 3 is 2.79 bits per heavy atom. The molecule has 0 saturated carbocycles. The molecule has 7 nitrogen and oxygen atoms in total. The van der Waals surface area contributed by atoms with E-state index in [1.165, 1.54) is 11.1 Å². The van der Waals surface area contributed by atoms with Crippen molar-refractivity contribution < 1.29 is 14.0 Å². The number of rotatable bonds is 8. The van der Waals surface area contributed by atoms with E-state index in [-0.39, 0.29) is 6.10 Å². The fourth-order valence-electron chi connectivity index (χ4n) is 3.97. The molecule has 33 heavy (non-hydrogen) atoms. The smallest absolute Gasteiger partial charge is 0.258 e. The predicted octanol–water partition coefficient (Wildman–Crippen LogP) is 5.31. The highest BCUT2D eigenvalue weighted by Gasteiger charge is 2.26. The minimum absolute atomic E-state index is 0.0130. The van der Waals surface area contributed by atoms with Crippen molar-refractivity contribution in [3.05, 3.63) is 53.1 Å². The fraction of sp³-hybridized carbons (Fsp3) is 0.423. The second kappa shape index (κ2) is 11.6. The summed E-state index contributed by atoms with van der Waals surface area (Å²) in [4.78, 5) is 4.63. The van der Waals surface area contributed by atoms with E-state index in [2.05, 4.69) is 27.6 Å². The Morgan fingerprint density at radius 2 is 2.06 bits per heavy atom. The van der Waals surface area contributed by atoms with E-state index < -0.39 is 0 Å². The van der Waals surface area contributed by atoms with Gasteiger partial charge in [0.05, 0.1) is 18.3 Å². The Kier molecular flexibility index (Phi) is 8.58. The Hall–Kier alpha value is -3.21. The Morgan fingerprint density at radius 1 is 1.24 bits per heavy atom. The van der Waals surface area contributed by atoms with E-state index in [0.29, 0.717) is 41.2 Å². The Balaban J connectivity index is 0.00000149. The summed E-state index contributed by atoms with van der Waals surface area (Å²) in [5.74, 6) is 1.49. The maximum Gasteiger partial charge on any atom is 0.258 e. The number of benzene rings is 2. The average molecular weight is 449 g/mol. The zero-order valence-corrected chi connectivity index (χ0v) is 20.0. The molecule has 0 saturated heterocycles. The molecule has 1 atom stereocenters. The number of hydrogen-bond acceptors (Lipinski definition) is 7. The van der Waals surface area contributed by atoms with Gasteiger partial charge in [-0.3, -0.25) is 0 Å².